The Bertz CT molecular complexity index is 1330. The lowest BCUT2D eigenvalue weighted by molar-refractivity contribution is -0.148. The number of carbonyl (C=O) groups excluding carboxylic acids is 1. The number of benzene rings is 1. The number of rotatable bonds is 10. The number of halogens is 1. The summed E-state index contributed by atoms with van der Waals surface area (Å²) in [6.45, 7) is 8.05. The molecule has 1 aromatic carbocycles. The first-order valence-corrected chi connectivity index (χ1v) is 14.4. The van der Waals surface area contributed by atoms with Gasteiger partial charge in [0, 0.05) is 17.3 Å². The number of nitrogens with zero attached hydrogens (tertiary/aromatic N) is 1. The lowest BCUT2D eigenvalue weighted by Crippen LogP contribution is -2.45. The maximum Gasteiger partial charge on any atom is 0.459 e. The smallest absolute Gasteiger partial charge is 0.459 e. The highest BCUT2D eigenvalue weighted by Gasteiger charge is 2.53. The lowest BCUT2D eigenvalue weighted by Gasteiger charge is -2.28. The molecule has 1 fully saturated rings. The molecule has 0 saturated carbocycles. The van der Waals surface area contributed by atoms with Crippen molar-refractivity contribution in [1.82, 2.24) is 14.6 Å². The van der Waals surface area contributed by atoms with Crippen LogP contribution in [-0.2, 0) is 23.4 Å². The molecule has 2 aromatic rings. The molecule has 1 saturated heterocycles. The third-order valence-electron chi connectivity index (χ3n) is 5.66. The first-order chi connectivity index (χ1) is 18.0. The number of aromatic amines is 1. The van der Waals surface area contributed by atoms with E-state index in [4.69, 9.17) is 42.3 Å². The molecule has 0 radical (unpaired) electrons. The molecule has 0 bridgehead atoms. The molecule has 4 N–H and O–H groups in total. The molecule has 0 aliphatic carbocycles. The molecule has 39 heavy (non-hydrogen) atoms. The molecule has 2 heterocycles. The Labute approximate surface area is 235 Å². The van der Waals surface area contributed by atoms with Crippen LogP contribution in [0.25, 0.3) is 0 Å². The zero-order chi connectivity index (χ0) is 29.2. The van der Waals surface area contributed by atoms with Crippen LogP contribution in [-0.4, -0.2) is 62.8 Å². The summed E-state index contributed by atoms with van der Waals surface area (Å²) in [4.78, 5) is 26.5. The van der Waals surface area contributed by atoms with Crippen LogP contribution in [0.2, 0.25) is 5.02 Å². The highest BCUT2D eigenvalue weighted by molar-refractivity contribution is 7.71. The maximum absolute atomic E-state index is 13.8. The number of esters is 1. The van der Waals surface area contributed by atoms with E-state index in [-0.39, 0.29) is 22.5 Å². The summed E-state index contributed by atoms with van der Waals surface area (Å²) in [5.74, 6) is -0.552. The van der Waals surface area contributed by atoms with Gasteiger partial charge >= 0.3 is 13.7 Å². The van der Waals surface area contributed by atoms with E-state index in [1.807, 2.05) is 20.8 Å². The zero-order valence-electron chi connectivity index (χ0n) is 22.1. The SMILES string of the molecule is C[C@H](NP(=O)(OC[C@H]1O[C@@H](n2ccc(=O)[nH]c2=S)C(C)(O)[C@H]1O)Oc1ccc(Cl)cc1)C(=O)OCC(C)(C)C. The van der Waals surface area contributed by atoms with Crippen molar-refractivity contribution >= 4 is 37.5 Å². The largest absolute Gasteiger partial charge is 0.464 e. The molecule has 0 amide bonds. The Morgan fingerprint density at radius 3 is 2.56 bits per heavy atom. The summed E-state index contributed by atoms with van der Waals surface area (Å²) < 4.78 is 37.4. The van der Waals surface area contributed by atoms with E-state index in [1.165, 1.54) is 54.9 Å². The van der Waals surface area contributed by atoms with Gasteiger partial charge in [-0.05, 0) is 55.7 Å². The monoisotopic (exact) mass is 605 g/mol. The van der Waals surface area contributed by atoms with Crippen molar-refractivity contribution in [2.45, 2.75) is 64.7 Å². The topological polar surface area (TPSA) is 161 Å². The van der Waals surface area contributed by atoms with E-state index < -0.39 is 56.0 Å². The Hall–Kier alpha value is -2.09. The van der Waals surface area contributed by atoms with Crippen molar-refractivity contribution in [3.8, 4) is 5.75 Å². The minimum absolute atomic E-state index is 0.0393. The van der Waals surface area contributed by atoms with Gasteiger partial charge in [-0.1, -0.05) is 32.4 Å². The highest BCUT2D eigenvalue weighted by atomic mass is 35.5. The first-order valence-electron chi connectivity index (χ1n) is 12.0. The van der Waals surface area contributed by atoms with Crippen LogP contribution >= 0.6 is 31.6 Å². The van der Waals surface area contributed by atoms with Crippen LogP contribution in [0.4, 0.5) is 0 Å². The van der Waals surface area contributed by atoms with Crippen LogP contribution in [0.5, 0.6) is 5.75 Å². The summed E-state index contributed by atoms with van der Waals surface area (Å²) in [5, 5.41) is 24.8. The number of H-pyrrole nitrogens is 1. The van der Waals surface area contributed by atoms with E-state index >= 15 is 0 Å². The second-order valence-corrected chi connectivity index (χ2v) is 13.1. The second kappa shape index (κ2) is 12.2. The van der Waals surface area contributed by atoms with Gasteiger partial charge in [-0.15, -0.1) is 0 Å². The van der Waals surface area contributed by atoms with Gasteiger partial charge < -0.3 is 24.2 Å². The number of carbonyl (C=O) groups is 1. The Kier molecular flexibility index (Phi) is 9.83. The predicted molar refractivity (Wildman–Crippen MR) is 145 cm³/mol. The van der Waals surface area contributed by atoms with Crippen molar-refractivity contribution in [2.24, 2.45) is 5.41 Å². The van der Waals surface area contributed by atoms with Gasteiger partial charge in [-0.2, -0.15) is 5.09 Å². The number of hydrogen-bond donors (Lipinski definition) is 4. The Morgan fingerprint density at radius 1 is 1.33 bits per heavy atom. The molecule has 216 valence electrons. The fourth-order valence-electron chi connectivity index (χ4n) is 3.59. The van der Waals surface area contributed by atoms with Gasteiger partial charge in [0.1, 0.15) is 29.6 Å². The minimum atomic E-state index is -4.30. The molecule has 15 heteroatoms. The number of aliphatic hydroxyl groups is 2. The van der Waals surface area contributed by atoms with Crippen LogP contribution in [0.15, 0.2) is 41.3 Å². The van der Waals surface area contributed by atoms with Gasteiger partial charge in [0.25, 0.3) is 5.56 Å². The Balaban J connectivity index is 1.79. The van der Waals surface area contributed by atoms with Crippen LogP contribution in [0.1, 0.15) is 40.8 Å². The number of nitrogens with one attached hydrogen (secondary N) is 2. The summed E-state index contributed by atoms with van der Waals surface area (Å²) in [5.41, 5.74) is -2.60. The van der Waals surface area contributed by atoms with Gasteiger partial charge in [0.2, 0.25) is 0 Å². The van der Waals surface area contributed by atoms with E-state index in [1.54, 1.807) is 0 Å². The second-order valence-electron chi connectivity index (χ2n) is 10.6. The number of aliphatic hydroxyl groups excluding tert-OH is 1. The molecule has 0 spiro atoms. The molecule has 6 atom stereocenters. The van der Waals surface area contributed by atoms with Gasteiger partial charge in [0.15, 0.2) is 11.0 Å². The molecular weight excluding hydrogens is 573 g/mol. The van der Waals surface area contributed by atoms with E-state index in [2.05, 4.69) is 10.1 Å². The van der Waals surface area contributed by atoms with Gasteiger partial charge in [-0.3, -0.25) is 23.7 Å². The van der Waals surface area contributed by atoms with E-state index in [9.17, 15) is 24.4 Å². The fourth-order valence-corrected chi connectivity index (χ4v) is 5.47. The van der Waals surface area contributed by atoms with Crippen molar-refractivity contribution in [2.75, 3.05) is 13.2 Å². The van der Waals surface area contributed by atoms with E-state index in [0.717, 1.165) is 0 Å². The highest BCUT2D eigenvalue weighted by Crippen LogP contribution is 2.47. The van der Waals surface area contributed by atoms with E-state index in [0.29, 0.717) is 5.02 Å². The third kappa shape index (κ3) is 8.21. The third-order valence-corrected chi connectivity index (χ3v) is 7.87. The van der Waals surface area contributed by atoms with Crippen molar-refractivity contribution < 1.29 is 38.1 Å². The van der Waals surface area contributed by atoms with Crippen molar-refractivity contribution in [1.29, 1.82) is 0 Å². The van der Waals surface area contributed by atoms with Crippen molar-refractivity contribution in [3.63, 3.8) is 0 Å². The summed E-state index contributed by atoms with van der Waals surface area (Å²) in [7, 11) is -4.30. The van der Waals surface area contributed by atoms with Crippen LogP contribution < -0.4 is 15.2 Å². The quantitative estimate of drug-likeness (QED) is 0.179. The van der Waals surface area contributed by atoms with Crippen LogP contribution in [0, 0.1) is 10.2 Å². The number of aromatic nitrogens is 2. The van der Waals surface area contributed by atoms with Crippen LogP contribution in [0.3, 0.4) is 0 Å². The lowest BCUT2D eigenvalue weighted by atomic mass is 9.96. The van der Waals surface area contributed by atoms with Gasteiger partial charge in [0.05, 0.1) is 13.2 Å². The molecule has 3 rings (SSSR count). The van der Waals surface area contributed by atoms with Gasteiger partial charge in [-0.25, -0.2) is 4.57 Å². The Morgan fingerprint density at radius 2 is 1.97 bits per heavy atom. The standard InChI is InChI=1S/C24H33ClN3O9PS/c1-14(20(31)34-13-23(2,3)4)27-38(33,37-16-8-6-15(25)7-9-16)35-12-17-19(30)24(5,32)21(36-17)28-11-10-18(29)26-22(28)39/h6-11,14,17,19,21,30,32H,12-13H2,1-5H3,(H,27,33)(H,26,29,39)/t14-,17+,19-,21+,24?,38?/m0/s1. The minimum Gasteiger partial charge on any atom is -0.464 e. The fraction of sp³-hybridized carbons (Fsp3) is 0.542. The predicted octanol–water partition coefficient (Wildman–Crippen LogP) is 3.34. The molecule has 1 aliphatic heterocycles. The summed E-state index contributed by atoms with van der Waals surface area (Å²) >= 11 is 11.1. The zero-order valence-corrected chi connectivity index (χ0v) is 24.6. The van der Waals surface area contributed by atoms with Crippen molar-refractivity contribution in [3.05, 3.63) is 56.7 Å². The molecule has 1 aromatic heterocycles. The first kappa shape index (κ1) is 31.4. The average Bonchev–Trinajstić information content (AvgIpc) is 3.05. The molecule has 12 nitrogen and oxygen atoms in total. The summed E-state index contributed by atoms with van der Waals surface area (Å²) in [6.07, 6.45) is -2.61. The summed E-state index contributed by atoms with van der Waals surface area (Å²) in [6, 6.07) is 6.03. The molecule has 1 aliphatic rings. The number of ether oxygens (including phenoxy) is 2. The molecular formula is C24H33ClN3O9PS. The normalized spacial score (nSPS) is 25.6. The average molecular weight is 606 g/mol. The molecule has 2 unspecified atom stereocenters. The number of hydrogen-bond acceptors (Lipinski definition) is 10. The maximum atomic E-state index is 13.8.